The zero-order valence-corrected chi connectivity index (χ0v) is 9.90. The summed E-state index contributed by atoms with van der Waals surface area (Å²) in [5.41, 5.74) is 0.679. The Balaban J connectivity index is 2.40. The second-order valence-electron chi connectivity index (χ2n) is 3.80. The van der Waals surface area contributed by atoms with Gasteiger partial charge in [0.1, 0.15) is 0 Å². The molecule has 0 N–H and O–H groups in total. The number of nitrogens with zero attached hydrogens (tertiary/aromatic N) is 1. The second-order valence-corrected chi connectivity index (χ2v) is 4.07. The van der Waals surface area contributed by atoms with Crippen molar-refractivity contribution in [3.63, 3.8) is 0 Å². The molecule has 17 heavy (non-hydrogen) atoms. The lowest BCUT2D eigenvalue weighted by Crippen LogP contribution is -2.43. The third-order valence-corrected chi connectivity index (χ3v) is 3.07. The largest absolute Gasteiger partial charge is 0.296 e. The molecule has 0 saturated carbocycles. The molecule has 4 nitrogen and oxygen atoms in total. The van der Waals surface area contributed by atoms with Gasteiger partial charge in [-0.15, -0.1) is 11.6 Å². The number of rotatable bonds is 3. The predicted molar refractivity (Wildman–Crippen MR) is 62.1 cm³/mol. The maximum Gasteiger partial charge on any atom is 0.262 e. The number of amides is 2. The summed E-state index contributed by atoms with van der Waals surface area (Å²) in [5.74, 6) is -1.43. The van der Waals surface area contributed by atoms with Crippen LogP contribution in [0.25, 0.3) is 0 Å². The van der Waals surface area contributed by atoms with E-state index in [0.29, 0.717) is 11.1 Å². The van der Waals surface area contributed by atoms with Crippen LogP contribution in [0.1, 0.15) is 27.6 Å². The van der Waals surface area contributed by atoms with E-state index in [1.807, 2.05) is 0 Å². The first-order chi connectivity index (χ1) is 8.07. The number of Topliss-reactive ketones (excluding diaryl/α,β-unsaturated/α-hetero) is 1. The van der Waals surface area contributed by atoms with Gasteiger partial charge >= 0.3 is 0 Å². The van der Waals surface area contributed by atoms with E-state index < -0.39 is 17.9 Å². The van der Waals surface area contributed by atoms with Gasteiger partial charge < -0.3 is 0 Å². The van der Waals surface area contributed by atoms with E-state index in [2.05, 4.69) is 0 Å². The highest BCUT2D eigenvalue weighted by atomic mass is 35.5. The fourth-order valence-corrected chi connectivity index (χ4v) is 2.04. The Morgan fingerprint density at radius 1 is 1.24 bits per heavy atom. The average Bonchev–Trinajstić information content (AvgIpc) is 2.61. The first-order valence-corrected chi connectivity index (χ1v) is 5.67. The summed E-state index contributed by atoms with van der Waals surface area (Å²) < 4.78 is 0. The van der Waals surface area contributed by atoms with E-state index in [1.54, 1.807) is 24.3 Å². The Morgan fingerprint density at radius 3 is 2.12 bits per heavy atom. The van der Waals surface area contributed by atoms with Crippen molar-refractivity contribution in [1.82, 2.24) is 4.90 Å². The van der Waals surface area contributed by atoms with E-state index in [9.17, 15) is 14.4 Å². The van der Waals surface area contributed by atoms with Crippen molar-refractivity contribution in [2.75, 3.05) is 5.88 Å². The van der Waals surface area contributed by atoms with Gasteiger partial charge in [0.05, 0.1) is 23.0 Å². The molecule has 0 unspecified atom stereocenters. The van der Waals surface area contributed by atoms with E-state index in [4.69, 9.17) is 11.6 Å². The molecule has 0 aliphatic carbocycles. The van der Waals surface area contributed by atoms with Crippen molar-refractivity contribution >= 4 is 29.2 Å². The molecule has 0 spiro atoms. The number of fused-ring (bicyclic) bond motifs is 1. The van der Waals surface area contributed by atoms with Gasteiger partial charge in [-0.1, -0.05) is 12.1 Å². The Bertz CT molecular complexity index is 477. The van der Waals surface area contributed by atoms with Gasteiger partial charge in [-0.05, 0) is 19.1 Å². The normalized spacial score (nSPS) is 16.0. The molecule has 5 heteroatoms. The van der Waals surface area contributed by atoms with Gasteiger partial charge in [0, 0.05) is 0 Å². The van der Waals surface area contributed by atoms with Crippen LogP contribution in [0.4, 0.5) is 0 Å². The van der Waals surface area contributed by atoms with Crippen molar-refractivity contribution in [2.45, 2.75) is 13.0 Å². The molecular weight excluding hydrogens is 242 g/mol. The van der Waals surface area contributed by atoms with Crippen LogP contribution in [-0.4, -0.2) is 34.4 Å². The van der Waals surface area contributed by atoms with Crippen LogP contribution in [0.5, 0.6) is 0 Å². The number of halogens is 1. The minimum atomic E-state index is -0.820. The maximum atomic E-state index is 12.0. The van der Waals surface area contributed by atoms with Crippen LogP contribution in [0, 0.1) is 0 Å². The van der Waals surface area contributed by atoms with Crippen molar-refractivity contribution in [3.8, 4) is 0 Å². The van der Waals surface area contributed by atoms with Crippen molar-refractivity contribution in [1.29, 1.82) is 0 Å². The minimum Gasteiger partial charge on any atom is -0.296 e. The predicted octanol–water partition coefficient (Wildman–Crippen LogP) is 1.48. The van der Waals surface area contributed by atoms with Crippen molar-refractivity contribution in [3.05, 3.63) is 35.4 Å². The summed E-state index contributed by atoms with van der Waals surface area (Å²) in [4.78, 5) is 36.4. The molecule has 1 aromatic carbocycles. The van der Waals surface area contributed by atoms with Crippen LogP contribution in [-0.2, 0) is 4.79 Å². The molecule has 0 radical (unpaired) electrons. The number of hydrogen-bond acceptors (Lipinski definition) is 3. The lowest BCUT2D eigenvalue weighted by atomic mass is 10.1. The summed E-state index contributed by atoms with van der Waals surface area (Å²) in [6.07, 6.45) is 0. The summed E-state index contributed by atoms with van der Waals surface area (Å²) in [6, 6.07) is 5.70. The lowest BCUT2D eigenvalue weighted by molar-refractivity contribution is -0.120. The zero-order chi connectivity index (χ0) is 12.6. The van der Waals surface area contributed by atoms with Crippen LogP contribution >= 0.6 is 11.6 Å². The quantitative estimate of drug-likeness (QED) is 0.604. The molecule has 0 bridgehead atoms. The Hall–Kier alpha value is -1.68. The molecule has 1 atom stereocenters. The van der Waals surface area contributed by atoms with Crippen LogP contribution in [0.2, 0.25) is 0 Å². The van der Waals surface area contributed by atoms with E-state index in [0.717, 1.165) is 4.90 Å². The molecule has 1 aliphatic rings. The molecule has 0 fully saturated rings. The molecule has 88 valence electrons. The molecule has 0 aromatic heterocycles. The third-order valence-electron chi connectivity index (χ3n) is 2.81. The van der Waals surface area contributed by atoms with Gasteiger partial charge in [-0.3, -0.25) is 19.3 Å². The topological polar surface area (TPSA) is 54.5 Å². The van der Waals surface area contributed by atoms with Crippen molar-refractivity contribution < 1.29 is 14.4 Å². The summed E-state index contributed by atoms with van der Waals surface area (Å²) >= 11 is 5.43. The standard InChI is InChI=1S/C12H10ClNO3/c1-7(10(15)6-13)14-11(16)8-4-2-3-5-9(8)12(14)17/h2-5,7H,6H2,1H3/t7-/m0/s1. The van der Waals surface area contributed by atoms with Crippen LogP contribution in [0.15, 0.2) is 24.3 Å². The number of alkyl halides is 1. The highest BCUT2D eigenvalue weighted by molar-refractivity contribution is 6.30. The molecular formula is C12H10ClNO3. The van der Waals surface area contributed by atoms with Gasteiger partial charge in [-0.2, -0.15) is 0 Å². The molecule has 1 heterocycles. The first-order valence-electron chi connectivity index (χ1n) is 5.13. The molecule has 2 amide bonds. The number of benzene rings is 1. The lowest BCUT2D eigenvalue weighted by Gasteiger charge is -2.20. The fraction of sp³-hybridized carbons (Fsp3) is 0.250. The summed E-state index contributed by atoms with van der Waals surface area (Å²) in [6.45, 7) is 1.51. The van der Waals surface area contributed by atoms with E-state index in [1.165, 1.54) is 6.92 Å². The second kappa shape index (κ2) is 4.30. The fourth-order valence-electron chi connectivity index (χ4n) is 1.82. The Labute approximate surface area is 103 Å². The number of hydrogen-bond donors (Lipinski definition) is 0. The molecule has 1 aromatic rings. The van der Waals surface area contributed by atoms with Crippen molar-refractivity contribution in [2.24, 2.45) is 0 Å². The van der Waals surface area contributed by atoms with Crippen LogP contribution in [0.3, 0.4) is 0 Å². The zero-order valence-electron chi connectivity index (χ0n) is 9.14. The first kappa shape index (κ1) is 11.8. The molecule has 2 rings (SSSR count). The van der Waals surface area contributed by atoms with E-state index in [-0.39, 0.29) is 11.7 Å². The summed E-state index contributed by atoms with van der Waals surface area (Å²) in [5, 5.41) is 0. The number of imide groups is 1. The highest BCUT2D eigenvalue weighted by Crippen LogP contribution is 2.24. The number of carbonyl (C=O) groups is 3. The van der Waals surface area contributed by atoms with E-state index >= 15 is 0 Å². The third kappa shape index (κ3) is 1.74. The van der Waals surface area contributed by atoms with Gasteiger partial charge in [0.25, 0.3) is 11.8 Å². The van der Waals surface area contributed by atoms with Gasteiger partial charge in [0.2, 0.25) is 0 Å². The Morgan fingerprint density at radius 2 is 1.71 bits per heavy atom. The van der Waals surface area contributed by atoms with Crippen LogP contribution < -0.4 is 0 Å². The highest BCUT2D eigenvalue weighted by Gasteiger charge is 2.40. The maximum absolute atomic E-state index is 12.0. The smallest absolute Gasteiger partial charge is 0.262 e. The monoisotopic (exact) mass is 251 g/mol. The summed E-state index contributed by atoms with van der Waals surface area (Å²) in [7, 11) is 0. The minimum absolute atomic E-state index is 0.214. The molecule has 0 saturated heterocycles. The van der Waals surface area contributed by atoms with Gasteiger partial charge in [-0.25, -0.2) is 0 Å². The Kier molecular flexibility index (Phi) is 2.98. The SMILES string of the molecule is C[C@@H](C(=O)CCl)N1C(=O)c2ccccc2C1=O. The average molecular weight is 252 g/mol. The molecule has 1 aliphatic heterocycles. The van der Waals surface area contributed by atoms with Gasteiger partial charge in [0.15, 0.2) is 5.78 Å². The number of ketones is 1. The number of carbonyl (C=O) groups excluding carboxylic acids is 3.